The molecule has 0 amide bonds. The van der Waals surface area contributed by atoms with Crippen LogP contribution < -0.4 is 10.6 Å². The van der Waals surface area contributed by atoms with E-state index in [0.29, 0.717) is 22.7 Å². The van der Waals surface area contributed by atoms with Crippen molar-refractivity contribution >= 4 is 67.6 Å². The monoisotopic (exact) mass is 828 g/mol. The number of fused-ring (bicyclic) bond motifs is 2. The first-order valence-corrected chi connectivity index (χ1v) is 20.4. The van der Waals surface area contributed by atoms with E-state index in [0.717, 1.165) is 51.4 Å². The lowest BCUT2D eigenvalue weighted by Gasteiger charge is -2.23. The van der Waals surface area contributed by atoms with E-state index in [1.807, 2.05) is 0 Å². The molecule has 55 heavy (non-hydrogen) atoms. The summed E-state index contributed by atoms with van der Waals surface area (Å²) in [7, 11) is -4.78. The summed E-state index contributed by atoms with van der Waals surface area (Å²) in [6, 6.07) is 0.384. The molecule has 6 N–H and O–H groups in total. The van der Waals surface area contributed by atoms with E-state index in [1.54, 1.807) is 0 Å². The smallest absolute Gasteiger partial charge is 0.387 e. The number of hydrogen-bond acceptors (Lipinski definition) is 18. The average Bonchev–Trinajstić information content (AvgIpc) is 3.92. The molecule has 2 aliphatic heterocycles. The second-order valence-electron chi connectivity index (χ2n) is 14.4. The van der Waals surface area contributed by atoms with E-state index in [-0.39, 0.29) is 33.9 Å². The minimum Gasteiger partial charge on any atom is -0.387 e. The first-order valence-electron chi connectivity index (χ1n) is 18.4. The maximum absolute atomic E-state index is 12.8. The number of halogens is 2. The Bertz CT molecular complexity index is 1960. The highest BCUT2D eigenvalue weighted by Crippen LogP contribution is 2.36. The summed E-state index contributed by atoms with van der Waals surface area (Å²) in [5.74, 6) is 0.861. The van der Waals surface area contributed by atoms with Gasteiger partial charge in [-0.3, -0.25) is 9.13 Å². The Hall–Kier alpha value is -3.09. The fourth-order valence-electron chi connectivity index (χ4n) is 7.76. The van der Waals surface area contributed by atoms with Gasteiger partial charge in [-0.15, -0.1) is 0 Å². The molecule has 2 saturated carbocycles. The minimum atomic E-state index is -4.78. The first-order chi connectivity index (χ1) is 26.5. The van der Waals surface area contributed by atoms with Crippen LogP contribution in [0.4, 0.5) is 11.6 Å². The first kappa shape index (κ1) is 38.8. The topological polar surface area (TPSA) is 263 Å². The zero-order valence-electron chi connectivity index (χ0n) is 29.4. The molecule has 300 valence electrons. The van der Waals surface area contributed by atoms with Crippen molar-refractivity contribution in [3.8, 4) is 0 Å². The highest BCUT2D eigenvalue weighted by molar-refractivity contribution is 7.81. The molecule has 0 unspecified atom stereocenters. The van der Waals surface area contributed by atoms with Crippen LogP contribution in [0.3, 0.4) is 0 Å². The molecule has 4 aliphatic rings. The van der Waals surface area contributed by atoms with Gasteiger partial charge in [0.25, 0.3) is 0 Å². The van der Waals surface area contributed by atoms with Gasteiger partial charge in [-0.25, -0.2) is 18.3 Å². The Morgan fingerprint density at radius 3 is 1.45 bits per heavy atom. The standard InChI is InChI=1S/C32H42Cl2N10O10S/c33-31-39-25(37-15-7-3-1-4-8-15)19-27(41-31)43(13-35-19)29-23(47)21(45)17(53-29)11-51-55(49,50)52-12-18-22(46)24(48)30(54-18)44-14-36-20-26(40-32(34)42-28(20)44)38-16-9-5-2-6-10-16/h13-18,21-24,29-30,45-48H,1-12H2,(H,37,39,41)(H,38,40,42)/t17-,18-,21-,22-,23-,24-,29-,30-/m1/s1. The Morgan fingerprint density at radius 2 is 1.05 bits per heavy atom. The van der Waals surface area contributed by atoms with Crippen LogP contribution in [0.1, 0.15) is 76.7 Å². The Morgan fingerprint density at radius 1 is 0.655 bits per heavy atom. The molecule has 20 nitrogen and oxygen atoms in total. The largest absolute Gasteiger partial charge is 0.400 e. The molecular weight excluding hydrogens is 787 g/mol. The van der Waals surface area contributed by atoms with Crippen LogP contribution in [0.15, 0.2) is 12.7 Å². The number of nitrogens with one attached hydrogen (secondary N) is 2. The Labute approximate surface area is 324 Å². The number of aliphatic hydroxyl groups excluding tert-OH is 4. The van der Waals surface area contributed by atoms with Gasteiger partial charge in [0.15, 0.2) is 46.4 Å². The van der Waals surface area contributed by atoms with E-state index in [1.165, 1.54) is 34.6 Å². The molecule has 6 heterocycles. The Balaban J connectivity index is 0.890. The summed E-state index contributed by atoms with van der Waals surface area (Å²) in [4.78, 5) is 26.0. The fourth-order valence-corrected chi connectivity index (χ4v) is 8.76. The number of rotatable bonds is 12. The number of aromatic nitrogens is 8. The SMILES string of the molecule is O=S(=O)(OC[C@H]1O[C@@H](n2cnc3c(NC4CCCCC4)nc(Cl)nc32)[C@H](O)[C@@H]1O)OC[C@H]1O[C@@H](n2cnc3c(NC4CCCCC4)nc(Cl)nc32)[C@H](O)[C@@H]1O. The van der Waals surface area contributed by atoms with Gasteiger partial charge in [-0.1, -0.05) is 38.5 Å². The summed E-state index contributed by atoms with van der Waals surface area (Å²) in [6.45, 7) is -1.49. The maximum Gasteiger partial charge on any atom is 0.400 e. The lowest BCUT2D eigenvalue weighted by molar-refractivity contribution is -0.0551. The van der Waals surface area contributed by atoms with Crippen molar-refractivity contribution in [2.45, 2.75) is 125 Å². The van der Waals surface area contributed by atoms with Crippen molar-refractivity contribution in [2.24, 2.45) is 0 Å². The third kappa shape index (κ3) is 8.06. The van der Waals surface area contributed by atoms with E-state index in [9.17, 15) is 28.8 Å². The van der Waals surface area contributed by atoms with Gasteiger partial charge in [0.1, 0.15) is 36.6 Å². The van der Waals surface area contributed by atoms with Gasteiger partial charge in [-0.2, -0.15) is 28.4 Å². The fraction of sp³-hybridized carbons (Fsp3) is 0.688. The van der Waals surface area contributed by atoms with Crippen molar-refractivity contribution in [1.82, 2.24) is 39.0 Å². The third-order valence-corrected chi connectivity index (χ3v) is 11.8. The minimum absolute atomic E-state index is 0.0630. The van der Waals surface area contributed by atoms with Crippen molar-refractivity contribution in [2.75, 3.05) is 23.8 Å². The lowest BCUT2D eigenvalue weighted by Crippen LogP contribution is -2.36. The van der Waals surface area contributed by atoms with Crippen molar-refractivity contribution < 1.29 is 46.7 Å². The van der Waals surface area contributed by atoms with Crippen LogP contribution in [0.2, 0.25) is 10.6 Å². The lowest BCUT2D eigenvalue weighted by atomic mass is 9.95. The molecule has 0 spiro atoms. The van der Waals surface area contributed by atoms with E-state index < -0.39 is 72.7 Å². The molecule has 2 aliphatic carbocycles. The quantitative estimate of drug-likeness (QED) is 0.112. The van der Waals surface area contributed by atoms with E-state index >= 15 is 0 Å². The molecule has 23 heteroatoms. The third-order valence-electron chi connectivity index (χ3n) is 10.7. The highest BCUT2D eigenvalue weighted by Gasteiger charge is 2.47. The molecule has 4 aromatic rings. The summed E-state index contributed by atoms with van der Waals surface area (Å²) < 4.78 is 50.1. The van der Waals surface area contributed by atoms with Crippen LogP contribution in [0, 0.1) is 0 Å². The number of anilines is 2. The number of aliphatic hydroxyl groups is 4. The molecular formula is C32H42Cl2N10O10S. The predicted molar refractivity (Wildman–Crippen MR) is 194 cm³/mol. The van der Waals surface area contributed by atoms with Gasteiger partial charge >= 0.3 is 10.4 Å². The van der Waals surface area contributed by atoms with Crippen LogP contribution in [-0.2, 0) is 28.2 Å². The van der Waals surface area contributed by atoms with Crippen molar-refractivity contribution in [3.63, 3.8) is 0 Å². The van der Waals surface area contributed by atoms with Crippen LogP contribution >= 0.6 is 23.2 Å². The zero-order valence-corrected chi connectivity index (χ0v) is 31.7. The van der Waals surface area contributed by atoms with E-state index in [4.69, 9.17) is 41.0 Å². The molecule has 0 bridgehead atoms. The Kier molecular flexibility index (Phi) is 11.3. The normalized spacial score (nSPS) is 29.8. The van der Waals surface area contributed by atoms with Gasteiger partial charge in [-0.05, 0) is 48.9 Å². The summed E-state index contributed by atoms with van der Waals surface area (Å²) in [5.41, 5.74) is 1.24. The van der Waals surface area contributed by atoms with Crippen LogP contribution in [-0.4, -0.2) is 130 Å². The van der Waals surface area contributed by atoms with Crippen LogP contribution in [0.25, 0.3) is 22.3 Å². The molecule has 2 saturated heterocycles. The molecule has 0 radical (unpaired) electrons. The average molecular weight is 830 g/mol. The van der Waals surface area contributed by atoms with Crippen LogP contribution in [0.5, 0.6) is 0 Å². The van der Waals surface area contributed by atoms with Gasteiger partial charge in [0.05, 0.1) is 25.9 Å². The number of ether oxygens (including phenoxy) is 2. The number of hydrogen-bond donors (Lipinski definition) is 6. The summed E-state index contributed by atoms with van der Waals surface area (Å²) in [5, 5.41) is 50.1. The molecule has 8 atom stereocenters. The maximum atomic E-state index is 12.8. The number of imidazole rings is 2. The second-order valence-corrected chi connectivity index (χ2v) is 16.3. The summed E-state index contributed by atoms with van der Waals surface area (Å²) >= 11 is 12.5. The van der Waals surface area contributed by atoms with Gasteiger partial charge in [0, 0.05) is 12.1 Å². The number of nitrogens with zero attached hydrogens (tertiary/aromatic N) is 8. The molecule has 0 aromatic carbocycles. The predicted octanol–water partition coefficient (Wildman–Crippen LogP) is 1.98. The summed E-state index contributed by atoms with van der Waals surface area (Å²) in [6.07, 6.45) is 1.98. The molecule has 8 rings (SSSR count). The van der Waals surface area contributed by atoms with Gasteiger partial charge in [0.2, 0.25) is 10.6 Å². The zero-order chi connectivity index (χ0) is 38.4. The van der Waals surface area contributed by atoms with Crippen molar-refractivity contribution in [1.29, 1.82) is 0 Å². The highest BCUT2D eigenvalue weighted by atomic mass is 35.5. The molecule has 4 aromatic heterocycles. The second kappa shape index (κ2) is 16.0. The van der Waals surface area contributed by atoms with Crippen molar-refractivity contribution in [3.05, 3.63) is 23.2 Å². The molecule has 4 fully saturated rings. The van der Waals surface area contributed by atoms with Gasteiger partial charge < -0.3 is 40.5 Å². The van der Waals surface area contributed by atoms with E-state index in [2.05, 4.69) is 40.5 Å².